The minimum Gasteiger partial charge on any atom is -0.459 e. The Morgan fingerprint density at radius 2 is 1.21 bits per heavy atom. The van der Waals surface area contributed by atoms with Crippen molar-refractivity contribution in [2.45, 2.75) is 150 Å². The van der Waals surface area contributed by atoms with Crippen molar-refractivity contribution in [1.82, 2.24) is 0 Å². The number of hydrogen-bond donors (Lipinski definition) is 1. The van der Waals surface area contributed by atoms with Crippen LogP contribution in [-0.4, -0.2) is 22.8 Å². The van der Waals surface area contributed by atoms with Crippen LogP contribution in [0.5, 0.6) is 0 Å². The Labute approximate surface area is 182 Å². The van der Waals surface area contributed by atoms with Crippen molar-refractivity contribution < 1.29 is 14.6 Å². The van der Waals surface area contributed by atoms with Crippen LogP contribution in [0, 0.1) is 11.8 Å². The lowest BCUT2D eigenvalue weighted by Crippen LogP contribution is -2.41. The molecule has 29 heavy (non-hydrogen) atoms. The lowest BCUT2D eigenvalue weighted by molar-refractivity contribution is -0.168. The number of aliphatic hydroxyl groups is 1. The van der Waals surface area contributed by atoms with E-state index < -0.39 is 11.7 Å². The quantitative estimate of drug-likeness (QED) is 0.174. The number of hydrogen-bond acceptors (Lipinski definition) is 3. The van der Waals surface area contributed by atoms with Crippen molar-refractivity contribution in [2.24, 2.45) is 11.8 Å². The van der Waals surface area contributed by atoms with Crippen LogP contribution < -0.4 is 0 Å². The summed E-state index contributed by atoms with van der Waals surface area (Å²) in [5.74, 6) is 0.145. The Kier molecular flexibility index (Phi) is 16.8. The monoisotopic (exact) mass is 412 g/mol. The minimum atomic E-state index is -0.991. The van der Waals surface area contributed by atoms with Crippen LogP contribution in [0.3, 0.4) is 0 Å². The van der Waals surface area contributed by atoms with Gasteiger partial charge in [-0.15, -0.1) is 0 Å². The highest BCUT2D eigenvalue weighted by Gasteiger charge is 2.32. The van der Waals surface area contributed by atoms with E-state index in [1.54, 1.807) is 13.8 Å². The molecule has 3 heteroatoms. The van der Waals surface area contributed by atoms with Gasteiger partial charge >= 0.3 is 5.97 Å². The summed E-state index contributed by atoms with van der Waals surface area (Å²) in [6.07, 6.45) is 18.6. The summed E-state index contributed by atoms with van der Waals surface area (Å²) in [6.45, 7) is 11.9. The maximum Gasteiger partial charge on any atom is 0.309 e. The lowest BCUT2D eigenvalue weighted by Gasteiger charge is -2.31. The topological polar surface area (TPSA) is 46.5 Å². The average molecular weight is 413 g/mol. The first-order chi connectivity index (χ1) is 13.7. The first-order valence-electron chi connectivity index (χ1n) is 12.6. The molecule has 0 spiro atoms. The molecule has 0 aliphatic heterocycles. The maximum atomic E-state index is 12.4. The summed E-state index contributed by atoms with van der Waals surface area (Å²) < 4.78 is 5.66. The fourth-order valence-corrected chi connectivity index (χ4v) is 3.75. The van der Waals surface area contributed by atoms with Crippen LogP contribution in [0.25, 0.3) is 0 Å². The molecule has 0 bridgehead atoms. The van der Waals surface area contributed by atoms with Crippen LogP contribution in [-0.2, 0) is 9.53 Å². The Morgan fingerprint density at radius 1 is 0.793 bits per heavy atom. The molecule has 0 saturated heterocycles. The van der Waals surface area contributed by atoms with E-state index >= 15 is 0 Å². The van der Waals surface area contributed by atoms with Crippen LogP contribution in [0.15, 0.2) is 0 Å². The Balaban J connectivity index is 3.72. The van der Waals surface area contributed by atoms with Gasteiger partial charge in [0, 0.05) is 0 Å². The number of esters is 1. The van der Waals surface area contributed by atoms with Crippen molar-refractivity contribution in [3.8, 4) is 0 Å². The minimum absolute atomic E-state index is 0.0836. The fourth-order valence-electron chi connectivity index (χ4n) is 3.75. The van der Waals surface area contributed by atoms with Crippen molar-refractivity contribution in [3.05, 3.63) is 0 Å². The Bertz CT molecular complexity index is 384. The van der Waals surface area contributed by atoms with Gasteiger partial charge in [-0.3, -0.25) is 4.79 Å². The standard InChI is InChI=1S/C26H52O3/c1-7-8-9-10-11-12-13-14-15-16-17-18-19-20-23(4)25(27)29-24(21-22(2)3)26(5,6)28/h22-24,28H,7-21H2,1-6H3. The molecule has 0 heterocycles. The Morgan fingerprint density at radius 3 is 1.59 bits per heavy atom. The molecule has 0 aliphatic rings. The summed E-state index contributed by atoms with van der Waals surface area (Å²) in [5.41, 5.74) is -0.991. The van der Waals surface area contributed by atoms with Gasteiger partial charge in [0.2, 0.25) is 0 Å². The van der Waals surface area contributed by atoms with Gasteiger partial charge in [0.25, 0.3) is 0 Å². The fraction of sp³-hybridized carbons (Fsp3) is 0.962. The lowest BCUT2D eigenvalue weighted by atomic mass is 9.93. The molecule has 174 valence electrons. The summed E-state index contributed by atoms with van der Waals surface area (Å²) in [7, 11) is 0. The summed E-state index contributed by atoms with van der Waals surface area (Å²) in [6, 6.07) is 0. The highest BCUT2D eigenvalue weighted by Crippen LogP contribution is 2.23. The molecule has 2 unspecified atom stereocenters. The molecular weight excluding hydrogens is 360 g/mol. The van der Waals surface area contributed by atoms with Crippen molar-refractivity contribution in [3.63, 3.8) is 0 Å². The molecule has 0 aromatic rings. The average Bonchev–Trinajstić information content (AvgIpc) is 2.63. The zero-order valence-corrected chi connectivity index (χ0v) is 20.6. The molecule has 0 amide bonds. The van der Waals surface area contributed by atoms with Gasteiger partial charge in [-0.25, -0.2) is 0 Å². The largest absolute Gasteiger partial charge is 0.459 e. The van der Waals surface area contributed by atoms with Gasteiger partial charge in [0.05, 0.1) is 11.5 Å². The molecule has 0 rings (SSSR count). The highest BCUT2D eigenvalue weighted by molar-refractivity contribution is 5.72. The van der Waals surface area contributed by atoms with Crippen molar-refractivity contribution in [2.75, 3.05) is 0 Å². The zero-order valence-electron chi connectivity index (χ0n) is 20.6. The molecule has 1 N–H and O–H groups in total. The van der Waals surface area contributed by atoms with Gasteiger partial charge < -0.3 is 9.84 Å². The number of carbonyl (C=O) groups is 1. The number of carbonyl (C=O) groups excluding carboxylic acids is 1. The SMILES string of the molecule is CCCCCCCCCCCCCCCC(C)C(=O)OC(CC(C)C)C(C)(C)O. The molecule has 0 fully saturated rings. The third-order valence-corrected chi connectivity index (χ3v) is 5.87. The second-order valence-electron chi connectivity index (χ2n) is 10.1. The van der Waals surface area contributed by atoms with Crippen molar-refractivity contribution >= 4 is 5.97 Å². The number of rotatable bonds is 19. The van der Waals surface area contributed by atoms with E-state index in [1.165, 1.54) is 77.0 Å². The van der Waals surface area contributed by atoms with Crippen LogP contribution in [0.4, 0.5) is 0 Å². The van der Waals surface area contributed by atoms with Crippen LogP contribution >= 0.6 is 0 Å². The van der Waals surface area contributed by atoms with E-state index in [2.05, 4.69) is 20.8 Å². The third kappa shape index (κ3) is 16.9. The van der Waals surface area contributed by atoms with Gasteiger partial charge in [0.1, 0.15) is 6.10 Å². The molecule has 0 aliphatic carbocycles. The number of unbranched alkanes of at least 4 members (excludes halogenated alkanes) is 12. The highest BCUT2D eigenvalue weighted by atomic mass is 16.6. The smallest absolute Gasteiger partial charge is 0.309 e. The van der Waals surface area contributed by atoms with E-state index in [0.717, 1.165) is 12.8 Å². The second-order valence-corrected chi connectivity index (χ2v) is 10.1. The maximum absolute atomic E-state index is 12.4. The molecular formula is C26H52O3. The van der Waals surface area contributed by atoms with Gasteiger partial charge in [-0.05, 0) is 32.6 Å². The molecule has 2 atom stereocenters. The third-order valence-electron chi connectivity index (χ3n) is 5.87. The molecule has 0 saturated carbocycles. The van der Waals surface area contributed by atoms with Crippen LogP contribution in [0.2, 0.25) is 0 Å². The first kappa shape index (κ1) is 28.4. The van der Waals surface area contributed by atoms with E-state index in [-0.39, 0.29) is 11.9 Å². The van der Waals surface area contributed by atoms with E-state index in [0.29, 0.717) is 12.3 Å². The molecule has 0 radical (unpaired) electrons. The predicted molar refractivity (Wildman–Crippen MR) is 125 cm³/mol. The van der Waals surface area contributed by atoms with E-state index in [9.17, 15) is 9.90 Å². The van der Waals surface area contributed by atoms with E-state index in [4.69, 9.17) is 4.74 Å². The summed E-state index contributed by atoms with van der Waals surface area (Å²) in [4.78, 5) is 12.4. The predicted octanol–water partition coefficient (Wildman–Crippen LogP) is 7.83. The summed E-state index contributed by atoms with van der Waals surface area (Å²) >= 11 is 0. The van der Waals surface area contributed by atoms with Crippen LogP contribution in [0.1, 0.15) is 138 Å². The summed E-state index contributed by atoms with van der Waals surface area (Å²) in [5, 5.41) is 10.3. The van der Waals surface area contributed by atoms with Gasteiger partial charge in [-0.1, -0.05) is 111 Å². The zero-order chi connectivity index (χ0) is 22.1. The normalized spacial score (nSPS) is 14.2. The first-order valence-corrected chi connectivity index (χ1v) is 12.6. The van der Waals surface area contributed by atoms with E-state index in [1.807, 2.05) is 6.92 Å². The molecule has 0 aromatic heterocycles. The van der Waals surface area contributed by atoms with Crippen molar-refractivity contribution in [1.29, 1.82) is 0 Å². The number of ether oxygens (including phenoxy) is 1. The van der Waals surface area contributed by atoms with Gasteiger partial charge in [-0.2, -0.15) is 0 Å². The van der Waals surface area contributed by atoms with Gasteiger partial charge in [0.15, 0.2) is 0 Å². The second kappa shape index (κ2) is 17.1. The Hall–Kier alpha value is -0.570. The molecule has 0 aromatic carbocycles. The molecule has 3 nitrogen and oxygen atoms in total.